The molecule has 1 fully saturated rings. The van der Waals surface area contributed by atoms with E-state index in [9.17, 15) is 9.90 Å². The summed E-state index contributed by atoms with van der Waals surface area (Å²) in [6.45, 7) is 1.16. The zero-order valence-corrected chi connectivity index (χ0v) is 17.7. The van der Waals surface area contributed by atoms with Crippen LogP contribution in [0.1, 0.15) is 25.7 Å². The van der Waals surface area contributed by atoms with Crippen LogP contribution in [0.5, 0.6) is 0 Å². The van der Waals surface area contributed by atoms with Crippen LogP contribution in [0, 0.1) is 5.92 Å². The fourth-order valence-electron chi connectivity index (χ4n) is 4.84. The van der Waals surface area contributed by atoms with Crippen molar-refractivity contribution < 1.29 is 9.84 Å². The Bertz CT molecular complexity index is 1400. The Balaban J connectivity index is 1.52. The Morgan fingerprint density at radius 1 is 1.16 bits per heavy atom. The highest BCUT2D eigenvalue weighted by Gasteiger charge is 2.29. The zero-order chi connectivity index (χ0) is 21.7. The Morgan fingerprint density at radius 2 is 2.03 bits per heavy atom. The average Bonchev–Trinajstić information content (AvgIpc) is 3.52. The predicted octanol–water partition coefficient (Wildman–Crippen LogP) is 3.16. The van der Waals surface area contributed by atoms with Gasteiger partial charge in [0.25, 0.3) is 0 Å². The topological polar surface area (TPSA) is 98.0 Å². The zero-order valence-electron chi connectivity index (χ0n) is 17.7. The quantitative estimate of drug-likeness (QED) is 0.517. The molecule has 4 aromatic heterocycles. The van der Waals surface area contributed by atoms with Crippen LogP contribution in [-0.2, 0) is 11.3 Å². The molecule has 164 valence electrons. The number of aliphatic hydroxyl groups is 1. The molecule has 32 heavy (non-hydrogen) atoms. The van der Waals surface area contributed by atoms with E-state index in [-0.39, 0.29) is 11.6 Å². The average molecular weight is 431 g/mol. The Hall–Kier alpha value is -3.23. The molecular weight excluding hydrogens is 406 g/mol. The monoisotopic (exact) mass is 431 g/mol. The van der Waals surface area contributed by atoms with E-state index < -0.39 is 6.10 Å². The summed E-state index contributed by atoms with van der Waals surface area (Å²) < 4.78 is 8.95. The number of allylic oxidation sites excluding steroid dienone is 2. The standard InChI is InChI=1S/C24H25N5O3/c30-21-14-32-13-18(21)12-28-20-9-17(16-8-15-6-7-25-22(15)26-10-16)11-27-23(20)29(24(28)31)19-4-2-1-3-5-19/h4,6-11,18,21,30H,1-3,5,12-14H2,(H,25,26). The SMILES string of the molecule is O=c1n(CC2COCC2O)c2cc(-c3cnc4[nH]ccc4c3)cnc2n1C1=CCCCC1. The summed E-state index contributed by atoms with van der Waals surface area (Å²) in [7, 11) is 0. The van der Waals surface area contributed by atoms with E-state index in [2.05, 4.69) is 22.1 Å². The van der Waals surface area contributed by atoms with E-state index >= 15 is 0 Å². The maximum atomic E-state index is 13.6. The number of aliphatic hydroxyl groups excluding tert-OH is 1. The molecule has 0 bridgehead atoms. The highest BCUT2D eigenvalue weighted by molar-refractivity contribution is 5.85. The summed E-state index contributed by atoms with van der Waals surface area (Å²) in [5.41, 5.74) is 5.03. The fourth-order valence-corrected chi connectivity index (χ4v) is 4.84. The molecule has 2 aliphatic rings. The Labute approximate surface area is 184 Å². The first-order chi connectivity index (χ1) is 15.7. The van der Waals surface area contributed by atoms with E-state index in [1.165, 1.54) is 0 Å². The van der Waals surface area contributed by atoms with Gasteiger partial charge in [-0.05, 0) is 43.9 Å². The van der Waals surface area contributed by atoms with Crippen molar-refractivity contribution in [1.29, 1.82) is 0 Å². The second-order valence-electron chi connectivity index (χ2n) is 8.74. The first-order valence-electron chi connectivity index (χ1n) is 11.2. The van der Waals surface area contributed by atoms with Gasteiger partial charge in [0.05, 0.1) is 24.8 Å². The summed E-state index contributed by atoms with van der Waals surface area (Å²) in [5, 5.41) is 11.3. The van der Waals surface area contributed by atoms with Crippen molar-refractivity contribution in [2.24, 2.45) is 5.92 Å². The number of fused-ring (bicyclic) bond motifs is 2. The molecule has 2 unspecified atom stereocenters. The lowest BCUT2D eigenvalue weighted by Crippen LogP contribution is -2.30. The van der Waals surface area contributed by atoms with E-state index in [0.717, 1.165) is 59.1 Å². The van der Waals surface area contributed by atoms with Crippen LogP contribution >= 0.6 is 0 Å². The largest absolute Gasteiger partial charge is 0.390 e. The van der Waals surface area contributed by atoms with Crippen molar-refractivity contribution in [2.45, 2.75) is 38.3 Å². The molecule has 1 saturated heterocycles. The van der Waals surface area contributed by atoms with Crippen LogP contribution in [0.4, 0.5) is 0 Å². The van der Waals surface area contributed by atoms with Gasteiger partial charge in [-0.3, -0.25) is 4.57 Å². The number of hydrogen-bond acceptors (Lipinski definition) is 5. The minimum absolute atomic E-state index is 0.101. The number of ether oxygens (including phenoxy) is 1. The van der Waals surface area contributed by atoms with E-state index in [0.29, 0.717) is 25.4 Å². The molecule has 8 heteroatoms. The number of hydrogen-bond donors (Lipinski definition) is 2. The minimum Gasteiger partial charge on any atom is -0.390 e. The van der Waals surface area contributed by atoms with Gasteiger partial charge in [0.2, 0.25) is 0 Å². The molecular formula is C24H25N5O3. The molecule has 2 N–H and O–H groups in total. The van der Waals surface area contributed by atoms with Crippen LogP contribution in [0.25, 0.3) is 39.0 Å². The smallest absolute Gasteiger partial charge is 0.334 e. The van der Waals surface area contributed by atoms with Crippen molar-refractivity contribution >= 4 is 27.9 Å². The molecule has 6 rings (SSSR count). The minimum atomic E-state index is -0.564. The van der Waals surface area contributed by atoms with Crippen molar-refractivity contribution in [3.63, 3.8) is 0 Å². The highest BCUT2D eigenvalue weighted by Crippen LogP contribution is 2.29. The summed E-state index contributed by atoms with van der Waals surface area (Å²) in [6, 6.07) is 6.07. The van der Waals surface area contributed by atoms with Gasteiger partial charge in [0.15, 0.2) is 5.65 Å². The summed E-state index contributed by atoms with van der Waals surface area (Å²) in [6.07, 6.45) is 11.2. The van der Waals surface area contributed by atoms with Crippen molar-refractivity contribution in [3.8, 4) is 11.1 Å². The molecule has 5 heterocycles. The molecule has 8 nitrogen and oxygen atoms in total. The van der Waals surface area contributed by atoms with Crippen LogP contribution in [0.15, 0.2) is 47.7 Å². The third kappa shape index (κ3) is 3.18. The van der Waals surface area contributed by atoms with E-state index in [1.54, 1.807) is 9.13 Å². The molecule has 0 aromatic carbocycles. The van der Waals surface area contributed by atoms with Gasteiger partial charge < -0.3 is 14.8 Å². The Kier molecular flexibility index (Phi) is 4.69. The third-order valence-electron chi connectivity index (χ3n) is 6.64. The van der Waals surface area contributed by atoms with E-state index in [1.807, 2.05) is 30.7 Å². The van der Waals surface area contributed by atoms with Crippen LogP contribution < -0.4 is 5.69 Å². The molecule has 0 saturated carbocycles. The number of nitrogens with zero attached hydrogens (tertiary/aromatic N) is 4. The predicted molar refractivity (Wildman–Crippen MR) is 122 cm³/mol. The number of rotatable bonds is 4. The van der Waals surface area contributed by atoms with Gasteiger partial charge in [-0.15, -0.1) is 0 Å². The fraction of sp³-hybridized carbons (Fsp3) is 0.375. The summed E-state index contributed by atoms with van der Waals surface area (Å²) in [5.74, 6) is -0.117. The molecule has 2 atom stereocenters. The molecule has 0 spiro atoms. The van der Waals surface area contributed by atoms with Gasteiger partial charge in [-0.25, -0.2) is 19.3 Å². The first-order valence-corrected chi connectivity index (χ1v) is 11.2. The molecule has 0 radical (unpaired) electrons. The van der Waals surface area contributed by atoms with Gasteiger partial charge in [0, 0.05) is 53.3 Å². The normalized spacial score (nSPS) is 21.5. The van der Waals surface area contributed by atoms with Crippen LogP contribution in [0.2, 0.25) is 0 Å². The highest BCUT2D eigenvalue weighted by atomic mass is 16.5. The van der Waals surface area contributed by atoms with Gasteiger partial charge >= 0.3 is 5.69 Å². The third-order valence-corrected chi connectivity index (χ3v) is 6.64. The molecule has 4 aromatic rings. The van der Waals surface area contributed by atoms with Crippen molar-refractivity contribution in [1.82, 2.24) is 24.1 Å². The number of aromatic amines is 1. The maximum Gasteiger partial charge on any atom is 0.334 e. The molecule has 1 aliphatic heterocycles. The molecule has 1 aliphatic carbocycles. The lowest BCUT2D eigenvalue weighted by atomic mass is 10.0. The van der Waals surface area contributed by atoms with Gasteiger partial charge in [-0.1, -0.05) is 6.08 Å². The second kappa shape index (κ2) is 7.72. The lowest BCUT2D eigenvalue weighted by Gasteiger charge is -2.14. The van der Waals surface area contributed by atoms with E-state index in [4.69, 9.17) is 9.72 Å². The number of imidazole rings is 1. The summed E-state index contributed by atoms with van der Waals surface area (Å²) in [4.78, 5) is 25.9. The van der Waals surface area contributed by atoms with Gasteiger partial charge in [0.1, 0.15) is 5.65 Å². The maximum absolute atomic E-state index is 13.6. The van der Waals surface area contributed by atoms with Crippen LogP contribution in [0.3, 0.4) is 0 Å². The van der Waals surface area contributed by atoms with Crippen molar-refractivity contribution in [3.05, 3.63) is 53.3 Å². The number of aromatic nitrogens is 5. The first kappa shape index (κ1) is 19.5. The lowest BCUT2D eigenvalue weighted by molar-refractivity contribution is 0.115. The second-order valence-corrected chi connectivity index (χ2v) is 8.74. The molecule has 0 amide bonds. The Morgan fingerprint density at radius 3 is 2.84 bits per heavy atom. The van der Waals surface area contributed by atoms with Crippen molar-refractivity contribution in [2.75, 3.05) is 13.2 Å². The summed E-state index contributed by atoms with van der Waals surface area (Å²) >= 11 is 0. The van der Waals surface area contributed by atoms with Crippen LogP contribution in [-0.4, -0.2) is 48.5 Å². The van der Waals surface area contributed by atoms with Gasteiger partial charge in [-0.2, -0.15) is 0 Å². The number of pyridine rings is 2. The number of nitrogens with one attached hydrogen (secondary N) is 1. The number of H-pyrrole nitrogens is 1.